The molecule has 0 bridgehead atoms. The van der Waals surface area contributed by atoms with Crippen molar-refractivity contribution in [2.24, 2.45) is 4.99 Å². The van der Waals surface area contributed by atoms with Gasteiger partial charge in [0.25, 0.3) is 5.56 Å². The van der Waals surface area contributed by atoms with Gasteiger partial charge in [-0.3, -0.25) is 9.36 Å². The van der Waals surface area contributed by atoms with Crippen molar-refractivity contribution >= 4 is 39.9 Å². The van der Waals surface area contributed by atoms with Gasteiger partial charge in [0, 0.05) is 11.3 Å². The predicted molar refractivity (Wildman–Crippen MR) is 123 cm³/mol. The van der Waals surface area contributed by atoms with Crippen LogP contribution < -0.4 is 14.9 Å². The lowest BCUT2D eigenvalue weighted by atomic mass is 10.00. The van der Waals surface area contributed by atoms with Crippen LogP contribution in [0.5, 0.6) is 5.75 Å². The van der Waals surface area contributed by atoms with Gasteiger partial charge in [-0.1, -0.05) is 55.0 Å². The van der Waals surface area contributed by atoms with Gasteiger partial charge in [0.05, 0.1) is 22.8 Å². The quantitative estimate of drug-likeness (QED) is 0.623. The van der Waals surface area contributed by atoms with Crippen LogP contribution in [0.4, 0.5) is 0 Å². The van der Waals surface area contributed by atoms with Crippen molar-refractivity contribution in [2.45, 2.75) is 39.7 Å². The number of aromatic nitrogens is 1. The molecule has 0 fully saturated rings. The molecule has 7 heteroatoms. The summed E-state index contributed by atoms with van der Waals surface area (Å²) in [5, 5.41) is 12.3. The number of hydrogen-bond acceptors (Lipinski definition) is 6. The number of thiazole rings is 1. The Balaban J connectivity index is 1.96. The van der Waals surface area contributed by atoms with E-state index in [1.165, 1.54) is 15.9 Å². The zero-order chi connectivity index (χ0) is 22.1. The molecule has 3 aromatic rings. The molecular weight excluding hydrogens is 412 g/mol. The van der Waals surface area contributed by atoms with Crippen molar-refractivity contribution in [1.29, 1.82) is 0 Å². The van der Waals surface area contributed by atoms with Crippen LogP contribution in [0.1, 0.15) is 39.2 Å². The third kappa shape index (κ3) is 3.70. The SMILES string of the molecule is CCC[C@H]1N=c2s/c(=C\c3c(O)ccc4ccccc34)c(=O)n2C(C)=C1C(=O)OCC. The Morgan fingerprint density at radius 2 is 2.03 bits per heavy atom. The first-order valence-electron chi connectivity index (χ1n) is 10.4. The highest BCUT2D eigenvalue weighted by Crippen LogP contribution is 2.28. The van der Waals surface area contributed by atoms with Crippen LogP contribution in [0, 0.1) is 0 Å². The highest BCUT2D eigenvalue weighted by atomic mass is 32.1. The van der Waals surface area contributed by atoms with Gasteiger partial charge in [0.2, 0.25) is 0 Å². The Morgan fingerprint density at radius 1 is 1.26 bits per heavy atom. The molecule has 160 valence electrons. The lowest BCUT2D eigenvalue weighted by Crippen LogP contribution is -2.37. The number of nitrogens with zero attached hydrogens (tertiary/aromatic N) is 2. The summed E-state index contributed by atoms with van der Waals surface area (Å²) in [6.07, 6.45) is 3.25. The molecule has 1 aliphatic rings. The number of carbonyl (C=O) groups is 1. The summed E-state index contributed by atoms with van der Waals surface area (Å²) >= 11 is 1.27. The summed E-state index contributed by atoms with van der Waals surface area (Å²) in [4.78, 5) is 31.2. The van der Waals surface area contributed by atoms with E-state index in [4.69, 9.17) is 9.73 Å². The van der Waals surface area contributed by atoms with Crippen LogP contribution in [-0.4, -0.2) is 28.3 Å². The van der Waals surface area contributed by atoms with Crippen LogP contribution in [0.2, 0.25) is 0 Å². The summed E-state index contributed by atoms with van der Waals surface area (Å²) < 4.78 is 7.17. The second-order valence-corrected chi connectivity index (χ2v) is 8.42. The van der Waals surface area contributed by atoms with Crippen LogP contribution in [0.15, 0.2) is 51.8 Å². The van der Waals surface area contributed by atoms with Gasteiger partial charge >= 0.3 is 5.97 Å². The molecule has 0 radical (unpaired) electrons. The summed E-state index contributed by atoms with van der Waals surface area (Å²) in [7, 11) is 0. The number of hydrogen-bond donors (Lipinski definition) is 1. The number of carbonyl (C=O) groups excluding carboxylic acids is 1. The van der Waals surface area contributed by atoms with Crippen molar-refractivity contribution in [3.8, 4) is 5.75 Å². The molecule has 1 aliphatic heterocycles. The molecule has 0 spiro atoms. The number of rotatable bonds is 5. The largest absolute Gasteiger partial charge is 0.507 e. The van der Waals surface area contributed by atoms with E-state index in [0.29, 0.717) is 32.6 Å². The van der Waals surface area contributed by atoms with Gasteiger partial charge in [-0.15, -0.1) is 0 Å². The van der Waals surface area contributed by atoms with E-state index in [-0.39, 0.29) is 24.0 Å². The molecule has 1 N–H and O–H groups in total. The summed E-state index contributed by atoms with van der Waals surface area (Å²) in [5.74, 6) is -0.321. The fourth-order valence-corrected chi connectivity index (χ4v) is 5.00. The summed E-state index contributed by atoms with van der Waals surface area (Å²) in [6, 6.07) is 10.8. The highest BCUT2D eigenvalue weighted by molar-refractivity contribution is 7.07. The molecule has 2 heterocycles. The van der Waals surface area contributed by atoms with Crippen LogP contribution in [0.25, 0.3) is 22.5 Å². The molecule has 1 aromatic heterocycles. The maximum absolute atomic E-state index is 13.3. The standard InChI is InChI=1S/C24H24N2O4S/c1-4-8-18-21(23(29)30-5-2)14(3)26-22(28)20(31-24(26)25-18)13-17-16-10-7-6-9-15(16)11-12-19(17)27/h6-7,9-13,18,27H,4-5,8H2,1-3H3/b20-13-/t18-/m1/s1. The number of phenolic OH excluding ortho intramolecular Hbond substituents is 1. The van der Waals surface area contributed by atoms with Crippen molar-refractivity contribution < 1.29 is 14.6 Å². The van der Waals surface area contributed by atoms with Crippen molar-refractivity contribution in [3.63, 3.8) is 0 Å². The van der Waals surface area contributed by atoms with E-state index in [2.05, 4.69) is 0 Å². The Hall–Kier alpha value is -3.19. The summed E-state index contributed by atoms with van der Waals surface area (Å²) in [5.41, 5.74) is 1.33. The molecule has 31 heavy (non-hydrogen) atoms. The number of phenols is 1. The smallest absolute Gasteiger partial charge is 0.337 e. The molecule has 0 saturated carbocycles. The average Bonchev–Trinajstić information content (AvgIpc) is 3.06. The van der Waals surface area contributed by atoms with Gasteiger partial charge in [0.1, 0.15) is 5.75 Å². The van der Waals surface area contributed by atoms with E-state index in [9.17, 15) is 14.7 Å². The van der Waals surface area contributed by atoms with Gasteiger partial charge in [0.15, 0.2) is 4.80 Å². The zero-order valence-corrected chi connectivity index (χ0v) is 18.5. The van der Waals surface area contributed by atoms with Gasteiger partial charge < -0.3 is 9.84 Å². The third-order valence-corrected chi connectivity index (χ3v) is 6.39. The Morgan fingerprint density at radius 3 is 2.77 bits per heavy atom. The molecule has 6 nitrogen and oxygen atoms in total. The normalized spacial score (nSPS) is 16.4. The maximum atomic E-state index is 13.3. The molecular formula is C24H24N2O4S. The van der Waals surface area contributed by atoms with E-state index < -0.39 is 5.97 Å². The highest BCUT2D eigenvalue weighted by Gasteiger charge is 2.29. The second-order valence-electron chi connectivity index (χ2n) is 7.41. The predicted octanol–water partition coefficient (Wildman–Crippen LogP) is 3.19. The maximum Gasteiger partial charge on any atom is 0.337 e. The lowest BCUT2D eigenvalue weighted by molar-refractivity contribution is -0.138. The zero-order valence-electron chi connectivity index (χ0n) is 17.7. The first kappa shape index (κ1) is 21.1. The molecule has 0 amide bonds. The number of fused-ring (bicyclic) bond motifs is 2. The monoisotopic (exact) mass is 436 g/mol. The summed E-state index contributed by atoms with van der Waals surface area (Å²) in [6.45, 7) is 5.82. The number of benzene rings is 2. The molecule has 0 unspecified atom stereocenters. The van der Waals surface area contributed by atoms with Gasteiger partial charge in [-0.2, -0.15) is 0 Å². The first-order chi connectivity index (χ1) is 15.0. The van der Waals surface area contributed by atoms with Crippen LogP contribution in [0.3, 0.4) is 0 Å². The molecule has 0 saturated heterocycles. The first-order valence-corrected chi connectivity index (χ1v) is 11.2. The minimum atomic E-state index is -0.428. The van der Waals surface area contributed by atoms with Crippen molar-refractivity contribution in [2.75, 3.05) is 6.61 Å². The average molecular weight is 437 g/mol. The minimum Gasteiger partial charge on any atom is -0.507 e. The minimum absolute atomic E-state index is 0.106. The Bertz CT molecular complexity index is 1380. The van der Waals surface area contributed by atoms with Crippen molar-refractivity contribution in [3.05, 3.63) is 67.2 Å². The third-order valence-electron chi connectivity index (χ3n) is 5.41. The molecule has 4 rings (SSSR count). The number of esters is 1. The Kier molecular flexibility index (Phi) is 5.78. The molecule has 0 aliphatic carbocycles. The molecule has 1 atom stereocenters. The number of allylic oxidation sites excluding steroid dienone is 1. The van der Waals surface area contributed by atoms with Gasteiger partial charge in [-0.25, -0.2) is 9.79 Å². The lowest BCUT2D eigenvalue weighted by Gasteiger charge is -2.21. The second kappa shape index (κ2) is 8.51. The van der Waals surface area contributed by atoms with Crippen molar-refractivity contribution in [1.82, 2.24) is 4.57 Å². The number of aromatic hydroxyl groups is 1. The van der Waals surface area contributed by atoms with E-state index in [0.717, 1.165) is 17.2 Å². The topological polar surface area (TPSA) is 80.9 Å². The fraction of sp³-hybridized carbons (Fsp3) is 0.292. The fourth-order valence-electron chi connectivity index (χ4n) is 3.96. The van der Waals surface area contributed by atoms with Crippen LogP contribution >= 0.6 is 11.3 Å². The van der Waals surface area contributed by atoms with E-state index >= 15 is 0 Å². The Labute approximate surface area is 183 Å². The number of ether oxygens (including phenoxy) is 1. The molecule has 2 aromatic carbocycles. The van der Waals surface area contributed by atoms with E-state index in [1.54, 1.807) is 26.0 Å². The van der Waals surface area contributed by atoms with Crippen LogP contribution in [-0.2, 0) is 9.53 Å². The van der Waals surface area contributed by atoms with E-state index in [1.807, 2.05) is 37.3 Å². The van der Waals surface area contributed by atoms with Gasteiger partial charge in [-0.05, 0) is 43.2 Å².